The predicted molar refractivity (Wildman–Crippen MR) is 254 cm³/mol. The first kappa shape index (κ1) is 33.2. The molecule has 0 fully saturated rings. The van der Waals surface area contributed by atoms with E-state index in [0.717, 1.165) is 37.9 Å². The Morgan fingerprint density at radius 3 is 1.69 bits per heavy atom. The Kier molecular flexibility index (Phi) is 6.64. The second-order valence-electron chi connectivity index (χ2n) is 16.4. The summed E-state index contributed by atoms with van der Waals surface area (Å²) in [4.78, 5) is 11.1. The van der Waals surface area contributed by atoms with Crippen LogP contribution >= 0.6 is 11.3 Å². The van der Waals surface area contributed by atoms with Crippen molar-refractivity contribution in [1.82, 2.24) is 14.5 Å². The molecule has 3 nitrogen and oxygen atoms in total. The molecule has 0 radical (unpaired) electrons. The van der Waals surface area contributed by atoms with Crippen LogP contribution in [0.5, 0.6) is 0 Å². The summed E-state index contributed by atoms with van der Waals surface area (Å²) in [5, 5.41) is 6.20. The number of hydrogen-bond acceptors (Lipinski definition) is 3. The molecule has 282 valence electrons. The van der Waals surface area contributed by atoms with Gasteiger partial charge in [0.05, 0.1) is 32.4 Å². The molecule has 0 saturated heterocycles. The van der Waals surface area contributed by atoms with Crippen LogP contribution in [0.1, 0.15) is 22.3 Å². The van der Waals surface area contributed by atoms with Gasteiger partial charge in [0.25, 0.3) is 0 Å². The van der Waals surface area contributed by atoms with E-state index in [1.165, 1.54) is 81.9 Å². The van der Waals surface area contributed by atoms with Gasteiger partial charge in [-0.15, -0.1) is 11.3 Å². The molecule has 14 rings (SSSR count). The van der Waals surface area contributed by atoms with Crippen LogP contribution in [0.15, 0.2) is 200 Å². The van der Waals surface area contributed by atoms with E-state index in [4.69, 9.17) is 9.97 Å². The standard InChI is InChI=1S/C57H33N3S/c1-4-14-34(15-5-1)38-26-29-40-41-30-27-39(35-16-6-2-7-17-35)33-46(41)57(45(40)32-38)43-22-12-20-36-28-31-48-52(50(36)43)51-44(57)23-13-24-47(51)60(48)56-58-53(37-18-8-3-9-19-37)55-54(59-56)42-21-10-11-25-49(42)61-55/h1-33H. The van der Waals surface area contributed by atoms with Gasteiger partial charge >= 0.3 is 0 Å². The Morgan fingerprint density at radius 1 is 0.410 bits per heavy atom. The molecule has 3 aromatic heterocycles. The average molecular weight is 792 g/mol. The highest BCUT2D eigenvalue weighted by Gasteiger charge is 2.50. The lowest BCUT2D eigenvalue weighted by molar-refractivity contribution is 0.783. The number of nitrogens with zero attached hydrogens (tertiary/aromatic N) is 3. The Balaban J connectivity index is 1.14. The monoisotopic (exact) mass is 791 g/mol. The molecule has 0 atom stereocenters. The topological polar surface area (TPSA) is 30.7 Å². The van der Waals surface area contributed by atoms with E-state index in [1.807, 2.05) is 0 Å². The van der Waals surface area contributed by atoms with E-state index in [2.05, 4.69) is 205 Å². The van der Waals surface area contributed by atoms with Crippen molar-refractivity contribution in [1.29, 1.82) is 0 Å². The summed E-state index contributed by atoms with van der Waals surface area (Å²) in [7, 11) is 0. The zero-order valence-corrected chi connectivity index (χ0v) is 33.6. The number of hydrogen-bond donors (Lipinski definition) is 0. The molecule has 1 spiro atoms. The molecule has 4 heteroatoms. The van der Waals surface area contributed by atoms with Crippen molar-refractivity contribution in [2.24, 2.45) is 0 Å². The van der Waals surface area contributed by atoms with Gasteiger partial charge in [-0.25, -0.2) is 9.97 Å². The number of rotatable bonds is 4. The molecule has 0 aliphatic heterocycles. The highest BCUT2D eigenvalue weighted by atomic mass is 32.1. The fourth-order valence-corrected chi connectivity index (χ4v) is 12.1. The second kappa shape index (κ2) is 12.2. The summed E-state index contributed by atoms with van der Waals surface area (Å²) in [6.45, 7) is 0. The highest BCUT2D eigenvalue weighted by Crippen LogP contribution is 2.63. The number of fused-ring (bicyclic) bond motifs is 10. The zero-order chi connectivity index (χ0) is 39.8. The molecule has 0 unspecified atom stereocenters. The van der Waals surface area contributed by atoms with Crippen LogP contribution in [0.4, 0.5) is 0 Å². The summed E-state index contributed by atoms with van der Waals surface area (Å²) in [5.41, 5.74) is 17.3. The number of benzene rings is 9. The van der Waals surface area contributed by atoms with Crippen molar-refractivity contribution >= 4 is 64.2 Å². The number of aromatic nitrogens is 3. The molecule has 0 N–H and O–H groups in total. The molecule has 0 bridgehead atoms. The Labute approximate surface area is 355 Å². The largest absolute Gasteiger partial charge is 0.278 e. The van der Waals surface area contributed by atoms with Gasteiger partial charge in [0, 0.05) is 26.4 Å². The van der Waals surface area contributed by atoms with Gasteiger partial charge in [-0.1, -0.05) is 170 Å². The molecular weight excluding hydrogens is 759 g/mol. The lowest BCUT2D eigenvalue weighted by atomic mass is 9.62. The van der Waals surface area contributed by atoms with Gasteiger partial charge in [-0.3, -0.25) is 4.57 Å². The third kappa shape index (κ3) is 4.36. The van der Waals surface area contributed by atoms with Crippen LogP contribution in [-0.4, -0.2) is 14.5 Å². The van der Waals surface area contributed by atoms with Crippen molar-refractivity contribution in [3.63, 3.8) is 0 Å². The van der Waals surface area contributed by atoms with Gasteiger partial charge in [0.2, 0.25) is 5.95 Å². The summed E-state index contributed by atoms with van der Waals surface area (Å²) in [6.07, 6.45) is 0. The first-order valence-corrected chi connectivity index (χ1v) is 21.7. The van der Waals surface area contributed by atoms with Gasteiger partial charge < -0.3 is 0 Å². The van der Waals surface area contributed by atoms with E-state index >= 15 is 0 Å². The van der Waals surface area contributed by atoms with Crippen LogP contribution in [0, 0.1) is 0 Å². The maximum absolute atomic E-state index is 5.55. The summed E-state index contributed by atoms with van der Waals surface area (Å²) < 4.78 is 4.67. The average Bonchev–Trinajstić information content (AvgIpc) is 3.98. The molecule has 2 aliphatic rings. The van der Waals surface area contributed by atoms with E-state index in [9.17, 15) is 0 Å². The molecule has 2 aliphatic carbocycles. The number of thiophene rings is 1. The van der Waals surface area contributed by atoms with Crippen molar-refractivity contribution in [2.75, 3.05) is 0 Å². The lowest BCUT2D eigenvalue weighted by Crippen LogP contribution is -2.30. The van der Waals surface area contributed by atoms with Crippen LogP contribution in [0.25, 0.3) is 103 Å². The smallest absolute Gasteiger partial charge is 0.235 e. The van der Waals surface area contributed by atoms with E-state index in [0.29, 0.717) is 5.95 Å². The predicted octanol–water partition coefficient (Wildman–Crippen LogP) is 14.8. The quantitative estimate of drug-likeness (QED) is 0.178. The van der Waals surface area contributed by atoms with Gasteiger partial charge in [-0.2, -0.15) is 0 Å². The molecule has 3 heterocycles. The first-order chi connectivity index (χ1) is 30.3. The van der Waals surface area contributed by atoms with Gasteiger partial charge in [-0.05, 0) is 96.7 Å². The molecule has 61 heavy (non-hydrogen) atoms. The van der Waals surface area contributed by atoms with Crippen LogP contribution in [0.3, 0.4) is 0 Å². The fourth-order valence-electron chi connectivity index (χ4n) is 10.9. The fraction of sp³-hybridized carbons (Fsp3) is 0.0175. The zero-order valence-electron chi connectivity index (χ0n) is 32.8. The van der Waals surface area contributed by atoms with Crippen molar-refractivity contribution in [3.05, 3.63) is 222 Å². The van der Waals surface area contributed by atoms with E-state index < -0.39 is 5.41 Å². The van der Waals surface area contributed by atoms with Crippen LogP contribution < -0.4 is 0 Å². The third-order valence-electron chi connectivity index (χ3n) is 13.4. The maximum Gasteiger partial charge on any atom is 0.235 e. The molecule has 0 amide bonds. The van der Waals surface area contributed by atoms with Crippen molar-refractivity contribution in [3.8, 4) is 50.6 Å². The maximum atomic E-state index is 5.55. The van der Waals surface area contributed by atoms with Crippen LogP contribution in [-0.2, 0) is 5.41 Å². The van der Waals surface area contributed by atoms with Crippen molar-refractivity contribution < 1.29 is 0 Å². The highest BCUT2D eigenvalue weighted by molar-refractivity contribution is 7.26. The molecule has 9 aromatic carbocycles. The second-order valence-corrected chi connectivity index (χ2v) is 17.5. The summed E-state index contributed by atoms with van der Waals surface area (Å²) in [6, 6.07) is 73.7. The molecule has 12 aromatic rings. The molecule has 0 saturated carbocycles. The minimum Gasteiger partial charge on any atom is -0.278 e. The summed E-state index contributed by atoms with van der Waals surface area (Å²) >= 11 is 1.77. The van der Waals surface area contributed by atoms with Crippen LogP contribution in [0.2, 0.25) is 0 Å². The minimum atomic E-state index is -0.601. The molecular formula is C57H33N3S. The normalized spacial score (nSPS) is 13.4. The lowest BCUT2D eigenvalue weighted by Gasteiger charge is -2.38. The van der Waals surface area contributed by atoms with Gasteiger partial charge in [0.15, 0.2) is 0 Å². The first-order valence-electron chi connectivity index (χ1n) is 20.9. The third-order valence-corrected chi connectivity index (χ3v) is 14.6. The summed E-state index contributed by atoms with van der Waals surface area (Å²) in [5.74, 6) is 0.685. The van der Waals surface area contributed by atoms with E-state index in [-0.39, 0.29) is 0 Å². The van der Waals surface area contributed by atoms with Crippen molar-refractivity contribution in [2.45, 2.75) is 5.41 Å². The Bertz CT molecular complexity index is 3720. The minimum absolute atomic E-state index is 0.601. The Morgan fingerprint density at radius 2 is 1.00 bits per heavy atom. The Hall–Kier alpha value is -7.66. The SMILES string of the molecule is c1ccc(-c2ccc3c(c2)C2(c4cc(-c5ccccc5)ccc4-3)c3cccc4ccc5c(c34)c3c2cccc3n5-c2nc(-c3ccccc3)c3sc4ccccc4c3n2)cc1. The van der Waals surface area contributed by atoms with Gasteiger partial charge in [0.1, 0.15) is 0 Å². The van der Waals surface area contributed by atoms with E-state index in [1.54, 1.807) is 11.3 Å².